The summed E-state index contributed by atoms with van der Waals surface area (Å²) in [7, 11) is 0. The van der Waals surface area contributed by atoms with Crippen molar-refractivity contribution in [3.63, 3.8) is 0 Å². The Bertz CT molecular complexity index is 326. The normalized spacial score (nSPS) is 22.5. The second-order valence-corrected chi connectivity index (χ2v) is 5.78. The van der Waals surface area contributed by atoms with E-state index >= 15 is 0 Å². The summed E-state index contributed by atoms with van der Waals surface area (Å²) in [6, 6.07) is 0. The summed E-state index contributed by atoms with van der Waals surface area (Å²) in [5, 5.41) is 10.6. The van der Waals surface area contributed by atoms with E-state index in [1.165, 1.54) is 24.2 Å². The second-order valence-electron chi connectivity index (χ2n) is 4.08. The van der Waals surface area contributed by atoms with Gasteiger partial charge in [0.15, 0.2) is 0 Å². The van der Waals surface area contributed by atoms with Gasteiger partial charge in [-0.3, -0.25) is 0 Å². The zero-order valence-electron chi connectivity index (χ0n) is 9.06. The molecule has 0 aromatic carbocycles. The predicted octanol–water partition coefficient (Wildman–Crippen LogP) is 3.18. The van der Waals surface area contributed by atoms with Gasteiger partial charge in [0.2, 0.25) is 0 Å². The maximum Gasteiger partial charge on any atom is 0.123 e. The van der Waals surface area contributed by atoms with E-state index in [1.54, 1.807) is 6.20 Å². The Hall–Kier alpha value is -0.160. The van der Waals surface area contributed by atoms with Crippen molar-refractivity contribution < 1.29 is 9.84 Å². The number of ether oxygens (including phenoxy) is 1. The quantitative estimate of drug-likeness (QED) is 0.885. The van der Waals surface area contributed by atoms with E-state index in [9.17, 15) is 5.11 Å². The number of aliphatic hydroxyl groups excluding tert-OH is 1. The molecule has 0 bridgehead atoms. The fourth-order valence-corrected chi connectivity index (χ4v) is 2.91. The van der Waals surface area contributed by atoms with E-state index in [0.717, 1.165) is 30.9 Å². The number of hydrogen-bond acceptors (Lipinski definition) is 4. The number of nitrogens with zero attached hydrogens (tertiary/aromatic N) is 1. The average Bonchev–Trinajstić information content (AvgIpc) is 2.89. The molecule has 1 aromatic rings. The molecule has 2 unspecified atom stereocenters. The van der Waals surface area contributed by atoms with Crippen molar-refractivity contribution in [1.29, 1.82) is 0 Å². The molecule has 2 rings (SSSR count). The van der Waals surface area contributed by atoms with Crippen LogP contribution in [0.2, 0.25) is 4.34 Å². The summed E-state index contributed by atoms with van der Waals surface area (Å²) in [6.07, 6.45) is 6.62. The van der Waals surface area contributed by atoms with E-state index in [2.05, 4.69) is 4.98 Å². The first-order chi connectivity index (χ1) is 7.75. The molecule has 0 spiro atoms. The van der Waals surface area contributed by atoms with Gasteiger partial charge < -0.3 is 9.84 Å². The lowest BCUT2D eigenvalue weighted by molar-refractivity contribution is 0.0944. The first-order valence-corrected chi connectivity index (χ1v) is 6.86. The molecule has 0 amide bonds. The van der Waals surface area contributed by atoms with E-state index in [4.69, 9.17) is 16.3 Å². The third kappa shape index (κ3) is 3.42. The SMILES string of the molecule is OC(CCCC1CCCO1)c1ncc(Cl)s1. The van der Waals surface area contributed by atoms with Gasteiger partial charge in [-0.2, -0.15) is 0 Å². The largest absolute Gasteiger partial charge is 0.386 e. The summed E-state index contributed by atoms with van der Waals surface area (Å²) in [5.74, 6) is 0. The average molecular weight is 262 g/mol. The number of hydrogen-bond donors (Lipinski definition) is 1. The highest BCUT2D eigenvalue weighted by atomic mass is 35.5. The van der Waals surface area contributed by atoms with Crippen LogP contribution in [0.15, 0.2) is 6.20 Å². The van der Waals surface area contributed by atoms with Gasteiger partial charge in [-0.1, -0.05) is 11.6 Å². The standard InChI is InChI=1S/C11H16ClNO2S/c12-10-7-13-11(16-10)9(14)5-1-3-8-4-2-6-15-8/h7-9,14H,1-6H2. The molecule has 1 saturated heterocycles. The summed E-state index contributed by atoms with van der Waals surface area (Å²) in [4.78, 5) is 4.07. The zero-order valence-corrected chi connectivity index (χ0v) is 10.6. The smallest absolute Gasteiger partial charge is 0.123 e. The lowest BCUT2D eigenvalue weighted by Crippen LogP contribution is -2.05. The van der Waals surface area contributed by atoms with Crippen molar-refractivity contribution in [2.75, 3.05) is 6.61 Å². The molecule has 16 heavy (non-hydrogen) atoms. The Kier molecular flexibility index (Phi) is 4.58. The highest BCUT2D eigenvalue weighted by Crippen LogP contribution is 2.28. The number of aliphatic hydroxyl groups is 1. The van der Waals surface area contributed by atoms with E-state index in [-0.39, 0.29) is 0 Å². The third-order valence-corrected chi connectivity index (χ3v) is 4.02. The summed E-state index contributed by atoms with van der Waals surface area (Å²) in [5.41, 5.74) is 0. The Morgan fingerprint density at radius 3 is 3.19 bits per heavy atom. The third-order valence-electron chi connectivity index (χ3n) is 2.81. The fourth-order valence-electron chi connectivity index (χ4n) is 1.96. The molecular weight excluding hydrogens is 246 g/mol. The molecule has 3 nitrogen and oxygen atoms in total. The lowest BCUT2D eigenvalue weighted by atomic mass is 10.1. The van der Waals surface area contributed by atoms with Crippen LogP contribution in [0.5, 0.6) is 0 Å². The molecule has 0 saturated carbocycles. The van der Waals surface area contributed by atoms with Crippen LogP contribution in [0.1, 0.15) is 43.2 Å². The second kappa shape index (κ2) is 5.96. The van der Waals surface area contributed by atoms with Crippen LogP contribution in [0.25, 0.3) is 0 Å². The van der Waals surface area contributed by atoms with Gasteiger partial charge in [0.1, 0.15) is 15.4 Å². The van der Waals surface area contributed by atoms with Crippen molar-refractivity contribution >= 4 is 22.9 Å². The van der Waals surface area contributed by atoms with Crippen molar-refractivity contribution in [3.05, 3.63) is 15.5 Å². The van der Waals surface area contributed by atoms with Crippen LogP contribution in [0.4, 0.5) is 0 Å². The molecule has 1 aliphatic heterocycles. The Labute approximate surface area is 104 Å². The summed E-state index contributed by atoms with van der Waals surface area (Å²) in [6.45, 7) is 0.898. The van der Waals surface area contributed by atoms with Crippen LogP contribution < -0.4 is 0 Å². The van der Waals surface area contributed by atoms with Crippen LogP contribution in [-0.4, -0.2) is 22.8 Å². The predicted molar refractivity (Wildman–Crippen MR) is 64.9 cm³/mol. The van der Waals surface area contributed by atoms with Gasteiger partial charge >= 0.3 is 0 Å². The number of rotatable bonds is 5. The van der Waals surface area contributed by atoms with E-state index in [1.807, 2.05) is 0 Å². The summed E-state index contributed by atoms with van der Waals surface area (Å²) < 4.78 is 6.16. The molecule has 90 valence electrons. The summed E-state index contributed by atoms with van der Waals surface area (Å²) >= 11 is 7.12. The highest BCUT2D eigenvalue weighted by Gasteiger charge is 2.17. The number of aromatic nitrogens is 1. The van der Waals surface area contributed by atoms with Gasteiger partial charge in [0.25, 0.3) is 0 Å². The van der Waals surface area contributed by atoms with Gasteiger partial charge in [-0.25, -0.2) is 4.98 Å². The maximum absolute atomic E-state index is 9.86. The molecule has 5 heteroatoms. The topological polar surface area (TPSA) is 42.4 Å². The van der Waals surface area contributed by atoms with E-state index in [0.29, 0.717) is 10.4 Å². The van der Waals surface area contributed by atoms with Gasteiger partial charge in [0.05, 0.1) is 12.3 Å². The molecule has 1 N–H and O–H groups in total. The molecule has 1 fully saturated rings. The zero-order chi connectivity index (χ0) is 11.4. The van der Waals surface area contributed by atoms with Gasteiger partial charge in [-0.15, -0.1) is 11.3 Å². The highest BCUT2D eigenvalue weighted by molar-refractivity contribution is 7.15. The van der Waals surface area contributed by atoms with Crippen molar-refractivity contribution in [2.45, 2.75) is 44.3 Å². The molecule has 2 heterocycles. The minimum Gasteiger partial charge on any atom is -0.386 e. The van der Waals surface area contributed by atoms with Gasteiger partial charge in [-0.05, 0) is 32.1 Å². The van der Waals surface area contributed by atoms with Crippen LogP contribution >= 0.6 is 22.9 Å². The first kappa shape index (κ1) is 12.3. The van der Waals surface area contributed by atoms with Crippen LogP contribution in [0, 0.1) is 0 Å². The lowest BCUT2D eigenvalue weighted by Gasteiger charge is -2.10. The van der Waals surface area contributed by atoms with Crippen molar-refractivity contribution in [1.82, 2.24) is 4.98 Å². The Morgan fingerprint density at radius 1 is 1.69 bits per heavy atom. The first-order valence-electron chi connectivity index (χ1n) is 5.66. The van der Waals surface area contributed by atoms with Crippen molar-refractivity contribution in [2.24, 2.45) is 0 Å². The molecule has 0 radical (unpaired) electrons. The maximum atomic E-state index is 9.86. The molecule has 2 atom stereocenters. The molecule has 1 aliphatic rings. The van der Waals surface area contributed by atoms with Crippen molar-refractivity contribution in [3.8, 4) is 0 Å². The minimum atomic E-state index is -0.473. The van der Waals surface area contributed by atoms with Crippen LogP contribution in [0.3, 0.4) is 0 Å². The molecule has 1 aromatic heterocycles. The number of halogens is 1. The van der Waals surface area contributed by atoms with E-state index < -0.39 is 6.10 Å². The molecule has 0 aliphatic carbocycles. The Morgan fingerprint density at radius 2 is 2.56 bits per heavy atom. The van der Waals surface area contributed by atoms with Crippen LogP contribution in [-0.2, 0) is 4.74 Å². The minimum absolute atomic E-state index is 0.409. The fraction of sp³-hybridized carbons (Fsp3) is 0.727. The Balaban J connectivity index is 1.69. The molecular formula is C11H16ClNO2S. The monoisotopic (exact) mass is 261 g/mol. The van der Waals surface area contributed by atoms with Gasteiger partial charge in [0, 0.05) is 6.61 Å². The number of thiazole rings is 1.